The van der Waals surface area contributed by atoms with Gasteiger partial charge in [0, 0.05) is 17.6 Å². The van der Waals surface area contributed by atoms with E-state index >= 15 is 0 Å². The maximum absolute atomic E-state index is 12.2. The van der Waals surface area contributed by atoms with E-state index in [4.69, 9.17) is 32.7 Å². The van der Waals surface area contributed by atoms with Gasteiger partial charge in [-0.1, -0.05) is 23.2 Å². The molecule has 0 saturated carbocycles. The minimum atomic E-state index is -0.527. The summed E-state index contributed by atoms with van der Waals surface area (Å²) < 4.78 is 10.1. The average molecular weight is 332 g/mol. The van der Waals surface area contributed by atoms with Crippen LogP contribution in [0.4, 0.5) is 0 Å². The summed E-state index contributed by atoms with van der Waals surface area (Å²) in [6.07, 6.45) is 1.37. The quantitative estimate of drug-likeness (QED) is 0.795. The van der Waals surface area contributed by atoms with E-state index in [0.717, 1.165) is 6.42 Å². The lowest BCUT2D eigenvalue weighted by Crippen LogP contribution is -2.43. The number of hydrogen-bond acceptors (Lipinski definition) is 4. The van der Waals surface area contributed by atoms with E-state index in [1.165, 1.54) is 12.0 Å². The van der Waals surface area contributed by atoms with Crippen LogP contribution in [0.3, 0.4) is 0 Å². The SMILES string of the molecule is COC(=O)C1CCCN1C(=O)COc1cc(Cl)ccc1Cl. The molecule has 114 valence electrons. The Morgan fingerprint density at radius 1 is 1.38 bits per heavy atom. The molecule has 1 aliphatic rings. The summed E-state index contributed by atoms with van der Waals surface area (Å²) >= 11 is 11.8. The first-order valence-corrected chi connectivity index (χ1v) is 7.23. The van der Waals surface area contributed by atoms with E-state index < -0.39 is 12.0 Å². The van der Waals surface area contributed by atoms with Crippen molar-refractivity contribution in [3.63, 3.8) is 0 Å². The summed E-state index contributed by atoms with van der Waals surface area (Å²) in [7, 11) is 1.31. The molecule has 5 nitrogen and oxygen atoms in total. The van der Waals surface area contributed by atoms with Gasteiger partial charge >= 0.3 is 5.97 Å². The Bertz CT molecular complexity index is 550. The predicted molar refractivity (Wildman–Crippen MR) is 78.7 cm³/mol. The van der Waals surface area contributed by atoms with Gasteiger partial charge in [0.05, 0.1) is 12.1 Å². The molecule has 0 aliphatic carbocycles. The van der Waals surface area contributed by atoms with Crippen LogP contribution in [0.1, 0.15) is 12.8 Å². The third kappa shape index (κ3) is 3.80. The summed E-state index contributed by atoms with van der Waals surface area (Å²) in [5.74, 6) is -0.341. The molecule has 0 N–H and O–H groups in total. The zero-order valence-corrected chi connectivity index (χ0v) is 13.0. The van der Waals surface area contributed by atoms with Gasteiger partial charge in [-0.15, -0.1) is 0 Å². The van der Waals surface area contributed by atoms with E-state index in [1.54, 1.807) is 18.2 Å². The summed E-state index contributed by atoms with van der Waals surface area (Å²) in [5, 5.41) is 0.841. The zero-order valence-electron chi connectivity index (χ0n) is 11.5. The minimum absolute atomic E-state index is 0.201. The Hall–Kier alpha value is -1.46. The van der Waals surface area contributed by atoms with E-state index in [9.17, 15) is 9.59 Å². The number of benzene rings is 1. The Morgan fingerprint density at radius 3 is 2.86 bits per heavy atom. The van der Waals surface area contributed by atoms with Crippen molar-refractivity contribution in [1.82, 2.24) is 4.90 Å². The summed E-state index contributed by atoms with van der Waals surface area (Å²) in [5.41, 5.74) is 0. The smallest absolute Gasteiger partial charge is 0.328 e. The van der Waals surface area contributed by atoms with Gasteiger partial charge in [0.15, 0.2) is 6.61 Å². The van der Waals surface area contributed by atoms with Crippen LogP contribution in [0.25, 0.3) is 0 Å². The maximum Gasteiger partial charge on any atom is 0.328 e. The number of methoxy groups -OCH3 is 1. The predicted octanol–water partition coefficient (Wildman–Crippen LogP) is 2.54. The second-order valence-corrected chi connectivity index (χ2v) is 5.48. The van der Waals surface area contributed by atoms with Gasteiger partial charge in [-0.2, -0.15) is 0 Å². The molecule has 1 saturated heterocycles. The van der Waals surface area contributed by atoms with Crippen LogP contribution in [0.2, 0.25) is 10.0 Å². The van der Waals surface area contributed by atoms with Crippen molar-refractivity contribution in [2.24, 2.45) is 0 Å². The lowest BCUT2D eigenvalue weighted by molar-refractivity contribution is -0.151. The molecule has 1 atom stereocenters. The Balaban J connectivity index is 1.98. The average Bonchev–Trinajstić information content (AvgIpc) is 2.96. The van der Waals surface area contributed by atoms with E-state index in [1.807, 2.05) is 0 Å². The summed E-state index contributed by atoms with van der Waals surface area (Å²) in [6, 6.07) is 4.24. The molecule has 1 aromatic rings. The van der Waals surface area contributed by atoms with Gasteiger partial charge in [-0.3, -0.25) is 4.79 Å². The number of ether oxygens (including phenoxy) is 2. The molecular formula is C14H15Cl2NO4. The second kappa shape index (κ2) is 7.00. The number of rotatable bonds is 4. The molecule has 1 heterocycles. The first kappa shape index (κ1) is 15.9. The lowest BCUT2D eigenvalue weighted by Gasteiger charge is -2.22. The maximum atomic E-state index is 12.2. The molecule has 1 unspecified atom stereocenters. The van der Waals surface area contributed by atoms with Gasteiger partial charge < -0.3 is 14.4 Å². The van der Waals surface area contributed by atoms with Crippen LogP contribution in [-0.4, -0.2) is 43.1 Å². The van der Waals surface area contributed by atoms with Crippen LogP contribution in [0.5, 0.6) is 5.75 Å². The molecule has 0 radical (unpaired) electrons. The molecule has 1 aromatic carbocycles. The number of carbonyl (C=O) groups excluding carboxylic acids is 2. The fraction of sp³-hybridized carbons (Fsp3) is 0.429. The highest BCUT2D eigenvalue weighted by Crippen LogP contribution is 2.28. The molecule has 0 aromatic heterocycles. The first-order valence-electron chi connectivity index (χ1n) is 6.48. The number of halogens is 2. The minimum Gasteiger partial charge on any atom is -0.482 e. The molecule has 0 bridgehead atoms. The molecule has 0 spiro atoms. The fourth-order valence-corrected chi connectivity index (χ4v) is 2.59. The number of likely N-dealkylation sites (tertiary alicyclic amines) is 1. The molecule has 7 heteroatoms. The third-order valence-corrected chi connectivity index (χ3v) is 3.84. The van der Waals surface area contributed by atoms with Crippen LogP contribution in [0.15, 0.2) is 18.2 Å². The zero-order chi connectivity index (χ0) is 15.4. The number of amides is 1. The van der Waals surface area contributed by atoms with Crippen molar-refractivity contribution in [1.29, 1.82) is 0 Å². The molecule has 1 amide bonds. The van der Waals surface area contributed by atoms with Gasteiger partial charge in [0.2, 0.25) is 0 Å². The van der Waals surface area contributed by atoms with Gasteiger partial charge in [-0.25, -0.2) is 4.79 Å². The van der Waals surface area contributed by atoms with E-state index in [2.05, 4.69) is 0 Å². The van der Waals surface area contributed by atoms with Gasteiger partial charge in [0.1, 0.15) is 11.8 Å². The number of hydrogen-bond donors (Lipinski definition) is 0. The van der Waals surface area contributed by atoms with Crippen molar-refractivity contribution in [3.05, 3.63) is 28.2 Å². The highest BCUT2D eigenvalue weighted by atomic mass is 35.5. The standard InChI is InChI=1S/C14H15Cl2NO4/c1-20-14(19)11-3-2-6-17(11)13(18)8-21-12-7-9(15)4-5-10(12)16/h4-5,7,11H,2-3,6,8H2,1H3. The monoisotopic (exact) mass is 331 g/mol. The number of carbonyl (C=O) groups is 2. The van der Waals surface area contributed by atoms with E-state index in [-0.39, 0.29) is 12.5 Å². The van der Waals surface area contributed by atoms with Gasteiger partial charge in [-0.05, 0) is 25.0 Å². The van der Waals surface area contributed by atoms with Crippen molar-refractivity contribution < 1.29 is 19.1 Å². The summed E-state index contributed by atoms with van der Waals surface area (Å²) in [6.45, 7) is 0.318. The van der Waals surface area contributed by atoms with Crippen LogP contribution < -0.4 is 4.74 Å². The molecule has 1 aliphatic heterocycles. The topological polar surface area (TPSA) is 55.8 Å². The van der Waals surface area contributed by atoms with Crippen molar-refractivity contribution >= 4 is 35.1 Å². The van der Waals surface area contributed by atoms with Crippen LogP contribution in [-0.2, 0) is 14.3 Å². The van der Waals surface area contributed by atoms with Crippen LogP contribution in [0, 0.1) is 0 Å². The highest BCUT2D eigenvalue weighted by molar-refractivity contribution is 6.34. The third-order valence-electron chi connectivity index (χ3n) is 3.29. The molecule has 21 heavy (non-hydrogen) atoms. The first-order chi connectivity index (χ1) is 10.0. The number of esters is 1. The Kier molecular flexibility index (Phi) is 5.31. The molecule has 1 fully saturated rings. The Morgan fingerprint density at radius 2 is 2.14 bits per heavy atom. The number of nitrogens with zero attached hydrogens (tertiary/aromatic N) is 1. The van der Waals surface area contributed by atoms with Crippen LogP contribution >= 0.6 is 23.2 Å². The second-order valence-electron chi connectivity index (χ2n) is 4.63. The Labute approximate surface area is 132 Å². The molecule has 2 rings (SSSR count). The van der Waals surface area contributed by atoms with Gasteiger partial charge in [0.25, 0.3) is 5.91 Å². The normalized spacial score (nSPS) is 17.7. The lowest BCUT2D eigenvalue weighted by atomic mass is 10.2. The van der Waals surface area contributed by atoms with Crippen molar-refractivity contribution in [2.45, 2.75) is 18.9 Å². The highest BCUT2D eigenvalue weighted by Gasteiger charge is 2.34. The molecular weight excluding hydrogens is 317 g/mol. The van der Waals surface area contributed by atoms with E-state index in [0.29, 0.717) is 28.8 Å². The van der Waals surface area contributed by atoms with Crippen molar-refractivity contribution in [2.75, 3.05) is 20.3 Å². The summed E-state index contributed by atoms with van der Waals surface area (Å²) in [4.78, 5) is 25.2. The van der Waals surface area contributed by atoms with Crippen molar-refractivity contribution in [3.8, 4) is 5.75 Å². The fourth-order valence-electron chi connectivity index (χ4n) is 2.26. The largest absolute Gasteiger partial charge is 0.482 e.